The van der Waals surface area contributed by atoms with Crippen molar-refractivity contribution in [1.29, 1.82) is 0 Å². The maximum Gasteiger partial charge on any atom is 0.319 e. The number of aromatic nitrogens is 1. The first-order valence-electron chi connectivity index (χ1n) is 18.2. The summed E-state index contributed by atoms with van der Waals surface area (Å²) < 4.78 is 0. The molecule has 274 valence electrons. The highest BCUT2D eigenvalue weighted by Crippen LogP contribution is 2.28. The van der Waals surface area contributed by atoms with Crippen LogP contribution in [0.1, 0.15) is 112 Å². The van der Waals surface area contributed by atoms with Gasteiger partial charge in [-0.2, -0.15) is 0 Å². The summed E-state index contributed by atoms with van der Waals surface area (Å²) in [6, 6.07) is 36.0. The number of hydrogen-bond acceptors (Lipinski definition) is 3. The second kappa shape index (κ2) is 17.0. The first-order chi connectivity index (χ1) is 25.7. The third kappa shape index (κ3) is 10.9. The molecule has 5 rings (SSSR count). The van der Waals surface area contributed by atoms with Crippen molar-refractivity contribution < 1.29 is 9.59 Å². The van der Waals surface area contributed by atoms with Gasteiger partial charge in [0, 0.05) is 11.1 Å². The van der Waals surface area contributed by atoms with Gasteiger partial charge in [0.05, 0.1) is 23.5 Å². The zero-order chi connectivity index (χ0) is 38.9. The van der Waals surface area contributed by atoms with E-state index in [1.54, 1.807) is 0 Å². The molecule has 0 aliphatic carbocycles. The zero-order valence-corrected chi connectivity index (χ0v) is 32.4. The van der Waals surface area contributed by atoms with Gasteiger partial charge < -0.3 is 21.3 Å². The van der Waals surface area contributed by atoms with E-state index in [2.05, 4.69) is 86.5 Å². The van der Waals surface area contributed by atoms with Crippen LogP contribution in [0.2, 0.25) is 0 Å². The van der Waals surface area contributed by atoms with E-state index in [-0.39, 0.29) is 35.0 Å². The molecule has 0 unspecified atom stereocenters. The van der Waals surface area contributed by atoms with Crippen molar-refractivity contribution in [3.8, 4) is 23.7 Å². The molecular formula is C47H49N5O2. The number of hydrogen-bond donors (Lipinski definition) is 4. The Balaban J connectivity index is 1.39. The van der Waals surface area contributed by atoms with Gasteiger partial charge in [-0.1, -0.05) is 132 Å². The maximum absolute atomic E-state index is 13.1. The quantitative estimate of drug-likeness (QED) is 0.132. The Morgan fingerprint density at radius 3 is 1.28 bits per heavy atom. The topological polar surface area (TPSA) is 95.2 Å². The molecule has 7 heteroatoms. The molecule has 1 aromatic heterocycles. The molecular weight excluding hydrogens is 667 g/mol. The number of urea groups is 2. The van der Waals surface area contributed by atoms with Crippen LogP contribution in [0, 0.1) is 23.7 Å². The molecule has 0 spiro atoms. The van der Waals surface area contributed by atoms with Crippen LogP contribution >= 0.6 is 0 Å². The summed E-state index contributed by atoms with van der Waals surface area (Å²) in [4.78, 5) is 30.9. The minimum atomic E-state index is -0.319. The second-order valence-electron chi connectivity index (χ2n) is 15.4. The molecule has 0 radical (unpaired) electrons. The molecule has 4 amide bonds. The fourth-order valence-electron chi connectivity index (χ4n) is 5.64. The molecule has 5 aromatic rings. The summed E-state index contributed by atoms with van der Waals surface area (Å²) >= 11 is 0. The third-order valence-electron chi connectivity index (χ3n) is 8.96. The summed E-state index contributed by atoms with van der Waals surface area (Å²) in [5.41, 5.74) is 7.60. The Hall–Kier alpha value is -6.31. The lowest BCUT2D eigenvalue weighted by atomic mass is 9.86. The largest absolute Gasteiger partial charge is 0.331 e. The van der Waals surface area contributed by atoms with Gasteiger partial charge in [-0.05, 0) is 95.2 Å². The fourth-order valence-corrected chi connectivity index (χ4v) is 5.64. The molecule has 1 heterocycles. The fraction of sp³-hybridized carbons (Fsp3) is 0.255. The van der Waals surface area contributed by atoms with Crippen LogP contribution in [-0.4, -0.2) is 17.0 Å². The van der Waals surface area contributed by atoms with Crippen LogP contribution in [0.5, 0.6) is 0 Å². The Kier molecular flexibility index (Phi) is 12.3. The minimum absolute atomic E-state index is 0.119. The van der Waals surface area contributed by atoms with E-state index in [0.717, 1.165) is 22.3 Å². The normalized spacial score (nSPS) is 12.1. The summed E-state index contributed by atoms with van der Waals surface area (Å²) in [5, 5.41) is 12.0. The van der Waals surface area contributed by atoms with Gasteiger partial charge in [-0.3, -0.25) is 0 Å². The molecule has 4 aromatic carbocycles. The highest BCUT2D eigenvalue weighted by atomic mass is 16.2. The van der Waals surface area contributed by atoms with E-state index in [1.165, 1.54) is 0 Å². The lowest BCUT2D eigenvalue weighted by molar-refractivity contribution is 0.248. The number of carbonyl (C=O) groups is 2. The van der Waals surface area contributed by atoms with Crippen molar-refractivity contribution in [3.05, 3.63) is 160 Å². The maximum atomic E-state index is 13.1. The average molecular weight is 716 g/mol. The van der Waals surface area contributed by atoms with Crippen LogP contribution in [0.4, 0.5) is 21.0 Å². The lowest BCUT2D eigenvalue weighted by Crippen LogP contribution is -2.31. The number of carbonyl (C=O) groups excluding carboxylic acids is 2. The van der Waals surface area contributed by atoms with Crippen molar-refractivity contribution in [3.63, 3.8) is 0 Å². The second-order valence-corrected chi connectivity index (χ2v) is 15.4. The first-order valence-corrected chi connectivity index (χ1v) is 18.2. The number of amides is 4. The van der Waals surface area contributed by atoms with Gasteiger partial charge >= 0.3 is 12.1 Å². The Morgan fingerprint density at radius 2 is 0.907 bits per heavy atom. The van der Waals surface area contributed by atoms with E-state index in [4.69, 9.17) is 4.98 Å². The van der Waals surface area contributed by atoms with Crippen LogP contribution in [0.3, 0.4) is 0 Å². The molecule has 54 heavy (non-hydrogen) atoms. The lowest BCUT2D eigenvalue weighted by Gasteiger charge is -2.21. The standard InChI is InChI=1S/C47H49N5O2/c1-32(34-16-11-9-12-17-34)48-44(53)51-42-28-24-38(46(3,4)5)30-36(42)22-26-40-20-15-21-41(50-40)27-23-37-31-39(47(6,7)8)25-29-43(37)52-45(54)49-33(2)35-18-13-10-14-19-35/h9-21,24-25,28-33H,1-8H3,(H2,48,51,53)(H2,49,52,54)/t32-,33-/m1/s1. The van der Waals surface area contributed by atoms with Crippen molar-refractivity contribution in [2.75, 3.05) is 10.6 Å². The zero-order valence-electron chi connectivity index (χ0n) is 32.4. The first kappa shape index (κ1) is 38.9. The molecule has 7 nitrogen and oxygen atoms in total. The molecule has 0 fully saturated rings. The van der Waals surface area contributed by atoms with Crippen molar-refractivity contribution >= 4 is 23.4 Å². The van der Waals surface area contributed by atoms with Crippen LogP contribution in [0.15, 0.2) is 115 Å². The molecule has 0 saturated carbocycles. The van der Waals surface area contributed by atoms with Gasteiger partial charge in [0.15, 0.2) is 0 Å². The van der Waals surface area contributed by atoms with Crippen molar-refractivity contribution in [2.24, 2.45) is 0 Å². The molecule has 0 aliphatic rings. The van der Waals surface area contributed by atoms with E-state index >= 15 is 0 Å². The van der Waals surface area contributed by atoms with Gasteiger partial charge in [-0.25, -0.2) is 14.6 Å². The Morgan fingerprint density at radius 1 is 0.519 bits per heavy atom. The highest BCUT2D eigenvalue weighted by molar-refractivity contribution is 5.92. The smallest absolute Gasteiger partial charge is 0.319 e. The summed E-state index contributed by atoms with van der Waals surface area (Å²) in [5.74, 6) is 12.9. The number of nitrogens with zero attached hydrogens (tertiary/aromatic N) is 1. The summed E-state index contributed by atoms with van der Waals surface area (Å²) in [6.07, 6.45) is 0. The van der Waals surface area contributed by atoms with E-state index < -0.39 is 0 Å². The van der Waals surface area contributed by atoms with E-state index in [1.807, 2.05) is 129 Å². The van der Waals surface area contributed by atoms with Crippen LogP contribution in [0.25, 0.3) is 0 Å². The monoisotopic (exact) mass is 715 g/mol. The summed E-state index contributed by atoms with van der Waals surface area (Å²) in [7, 11) is 0. The van der Waals surface area contributed by atoms with Crippen LogP contribution in [-0.2, 0) is 10.8 Å². The Labute approximate surface area is 320 Å². The number of rotatable bonds is 6. The minimum Gasteiger partial charge on any atom is -0.331 e. The average Bonchev–Trinajstić information content (AvgIpc) is 3.14. The highest BCUT2D eigenvalue weighted by Gasteiger charge is 2.18. The van der Waals surface area contributed by atoms with Gasteiger partial charge in [-0.15, -0.1) is 0 Å². The SMILES string of the molecule is C[C@@H](NC(=O)Nc1ccc(C(C)(C)C)cc1C#Cc1cccc(C#Cc2cc(C(C)(C)C)ccc2NC(=O)N[C@H](C)c2ccccc2)n1)c1ccccc1. The van der Waals surface area contributed by atoms with Crippen molar-refractivity contribution in [2.45, 2.75) is 78.3 Å². The molecule has 0 aliphatic heterocycles. The van der Waals surface area contributed by atoms with Gasteiger partial charge in [0.25, 0.3) is 0 Å². The van der Waals surface area contributed by atoms with Crippen molar-refractivity contribution in [1.82, 2.24) is 15.6 Å². The number of pyridine rings is 1. The predicted molar refractivity (Wildman–Crippen MR) is 221 cm³/mol. The molecule has 4 N–H and O–H groups in total. The predicted octanol–water partition coefficient (Wildman–Crippen LogP) is 10.2. The number of benzene rings is 4. The summed E-state index contributed by atoms with van der Waals surface area (Å²) in [6.45, 7) is 16.7. The molecule has 0 bridgehead atoms. The molecule has 2 atom stereocenters. The molecule has 0 saturated heterocycles. The van der Waals surface area contributed by atoms with Gasteiger partial charge in [0.2, 0.25) is 0 Å². The number of nitrogens with one attached hydrogen (secondary N) is 4. The van der Waals surface area contributed by atoms with Crippen LogP contribution < -0.4 is 21.3 Å². The number of anilines is 2. The Bertz CT molecular complexity index is 2070. The van der Waals surface area contributed by atoms with Gasteiger partial charge in [0.1, 0.15) is 11.4 Å². The van der Waals surface area contributed by atoms with E-state index in [9.17, 15) is 9.59 Å². The van der Waals surface area contributed by atoms with E-state index in [0.29, 0.717) is 33.9 Å². The third-order valence-corrected chi connectivity index (χ3v) is 8.96.